The van der Waals surface area contributed by atoms with Crippen molar-refractivity contribution in [1.82, 2.24) is 9.78 Å². The summed E-state index contributed by atoms with van der Waals surface area (Å²) in [6, 6.07) is 8.37. The molecule has 182 valence electrons. The molecule has 13 heteroatoms. The minimum Gasteiger partial charge on any atom is -0.482 e. The largest absolute Gasteiger partial charge is 0.482 e. The summed E-state index contributed by atoms with van der Waals surface area (Å²) in [4.78, 5) is 12.6. The average Bonchev–Trinajstić information content (AvgIpc) is 3.48. The Labute approximate surface area is 234 Å². The number of amides is 1. The van der Waals surface area contributed by atoms with Crippen molar-refractivity contribution in [1.29, 1.82) is 0 Å². The van der Waals surface area contributed by atoms with E-state index in [2.05, 4.69) is 10.4 Å². The van der Waals surface area contributed by atoms with Crippen LogP contribution in [0.15, 0.2) is 47.1 Å². The fourth-order valence-corrected chi connectivity index (χ4v) is 4.52. The van der Waals surface area contributed by atoms with Crippen LogP contribution < -0.4 is 10.1 Å². The van der Waals surface area contributed by atoms with Crippen LogP contribution in [0, 0.1) is 0 Å². The van der Waals surface area contributed by atoms with Crippen LogP contribution in [0.1, 0.15) is 21.9 Å². The van der Waals surface area contributed by atoms with Crippen LogP contribution in [0.3, 0.4) is 0 Å². The topological polar surface area (TPSA) is 69.3 Å². The maximum atomic E-state index is 12.6. The summed E-state index contributed by atoms with van der Waals surface area (Å²) in [7, 11) is 0. The Bertz CT molecular complexity index is 1390. The molecule has 0 fully saturated rings. The van der Waals surface area contributed by atoms with Crippen LogP contribution in [0.5, 0.6) is 5.75 Å². The van der Waals surface area contributed by atoms with Crippen molar-refractivity contribution in [3.8, 4) is 5.75 Å². The lowest BCUT2D eigenvalue weighted by atomic mass is 10.2. The predicted molar refractivity (Wildman–Crippen MR) is 140 cm³/mol. The van der Waals surface area contributed by atoms with E-state index in [0.717, 1.165) is 5.56 Å². The predicted octanol–water partition coefficient (Wildman–Crippen LogP) is 8.93. The second-order valence-electron chi connectivity index (χ2n) is 7.08. The van der Waals surface area contributed by atoms with Crippen molar-refractivity contribution >= 4 is 92.8 Å². The third-order valence-electron chi connectivity index (χ3n) is 4.63. The Morgan fingerprint density at radius 2 is 1.60 bits per heavy atom. The van der Waals surface area contributed by atoms with Gasteiger partial charge in [0.25, 0.3) is 5.91 Å². The molecule has 4 rings (SSSR count). The highest BCUT2D eigenvalue weighted by Gasteiger charge is 2.21. The summed E-state index contributed by atoms with van der Waals surface area (Å²) in [6.45, 7) is 0.349. The van der Waals surface area contributed by atoms with Gasteiger partial charge >= 0.3 is 0 Å². The van der Waals surface area contributed by atoms with Crippen molar-refractivity contribution in [2.24, 2.45) is 0 Å². The quantitative estimate of drug-likeness (QED) is 0.167. The molecule has 0 spiro atoms. The molecular weight excluding hydrogens is 602 g/mol. The van der Waals surface area contributed by atoms with Gasteiger partial charge in [-0.2, -0.15) is 5.10 Å². The highest BCUT2D eigenvalue weighted by Crippen LogP contribution is 2.48. The number of benzene rings is 2. The summed E-state index contributed by atoms with van der Waals surface area (Å²) < 4.78 is 12.8. The fourth-order valence-electron chi connectivity index (χ4n) is 2.96. The highest BCUT2D eigenvalue weighted by molar-refractivity contribution is 6.55. The summed E-state index contributed by atoms with van der Waals surface area (Å²) >= 11 is 42.4. The molecule has 0 aliphatic heterocycles. The van der Waals surface area contributed by atoms with Crippen LogP contribution in [0.25, 0.3) is 0 Å². The number of anilines is 1. The second kappa shape index (κ2) is 11.1. The zero-order valence-corrected chi connectivity index (χ0v) is 22.5. The Kier molecular flexibility index (Phi) is 8.34. The maximum absolute atomic E-state index is 12.6. The number of carbonyl (C=O) groups excluding carboxylic acids is 1. The number of furan rings is 1. The number of carbonyl (C=O) groups is 1. The molecule has 35 heavy (non-hydrogen) atoms. The maximum Gasteiger partial charge on any atom is 0.291 e. The number of nitrogens with zero attached hydrogens (tertiary/aromatic N) is 2. The second-order valence-corrected chi connectivity index (χ2v) is 9.79. The Hall–Kier alpha value is -1.77. The van der Waals surface area contributed by atoms with Crippen LogP contribution in [-0.4, -0.2) is 15.7 Å². The number of ether oxygens (including phenoxy) is 1. The normalized spacial score (nSPS) is 11.1. The van der Waals surface area contributed by atoms with Gasteiger partial charge in [0.05, 0.1) is 43.5 Å². The third kappa shape index (κ3) is 5.97. The molecule has 6 nitrogen and oxygen atoms in total. The minimum atomic E-state index is -0.473. The van der Waals surface area contributed by atoms with Gasteiger partial charge in [-0.1, -0.05) is 87.3 Å². The van der Waals surface area contributed by atoms with Crippen LogP contribution >= 0.6 is 81.2 Å². The van der Waals surface area contributed by atoms with E-state index in [-0.39, 0.29) is 43.2 Å². The Morgan fingerprint density at radius 3 is 2.29 bits per heavy atom. The number of hydrogen-bond donors (Lipinski definition) is 1. The first-order valence-electron chi connectivity index (χ1n) is 9.64. The van der Waals surface area contributed by atoms with Gasteiger partial charge in [0.15, 0.2) is 11.5 Å². The molecule has 0 aliphatic carbocycles. The molecule has 4 aromatic rings. The van der Waals surface area contributed by atoms with Crippen LogP contribution in [0.2, 0.25) is 35.2 Å². The number of halogens is 7. The van der Waals surface area contributed by atoms with E-state index in [9.17, 15) is 4.79 Å². The van der Waals surface area contributed by atoms with E-state index >= 15 is 0 Å². The monoisotopic (exact) mass is 611 g/mol. The molecule has 0 saturated heterocycles. The summed E-state index contributed by atoms with van der Waals surface area (Å²) in [5.74, 6) is -0.0338. The molecule has 0 unspecified atom stereocenters. The van der Waals surface area contributed by atoms with E-state index in [1.807, 2.05) is 6.07 Å². The molecule has 2 aromatic carbocycles. The van der Waals surface area contributed by atoms with Gasteiger partial charge in [0, 0.05) is 6.20 Å². The molecule has 1 amide bonds. The molecule has 0 aliphatic rings. The van der Waals surface area contributed by atoms with E-state index in [1.165, 1.54) is 12.3 Å². The van der Waals surface area contributed by atoms with Crippen molar-refractivity contribution in [3.05, 3.63) is 95.0 Å². The number of nitrogens with one attached hydrogen (secondary N) is 1. The van der Waals surface area contributed by atoms with Crippen LogP contribution in [0.4, 0.5) is 5.69 Å². The molecule has 2 aromatic heterocycles. The third-order valence-corrected chi connectivity index (χ3v) is 7.61. The zero-order chi connectivity index (χ0) is 25.3. The van der Waals surface area contributed by atoms with Crippen LogP contribution in [-0.2, 0) is 13.2 Å². The first-order chi connectivity index (χ1) is 16.6. The lowest BCUT2D eigenvalue weighted by Crippen LogP contribution is -2.10. The molecule has 2 heterocycles. The van der Waals surface area contributed by atoms with E-state index in [1.54, 1.807) is 29.1 Å². The van der Waals surface area contributed by atoms with E-state index < -0.39 is 5.91 Å². The molecule has 0 radical (unpaired) electrons. The number of rotatable bonds is 7. The van der Waals surface area contributed by atoms with Crippen molar-refractivity contribution in [3.63, 3.8) is 0 Å². The number of hydrogen-bond acceptors (Lipinski definition) is 4. The molecule has 0 bridgehead atoms. The lowest BCUT2D eigenvalue weighted by Gasteiger charge is -2.12. The zero-order valence-electron chi connectivity index (χ0n) is 17.2. The van der Waals surface area contributed by atoms with Crippen molar-refractivity contribution < 1.29 is 13.9 Å². The number of aromatic nitrogens is 2. The first-order valence-corrected chi connectivity index (χ1v) is 12.3. The van der Waals surface area contributed by atoms with Gasteiger partial charge in [-0.3, -0.25) is 9.48 Å². The Balaban J connectivity index is 1.38. The van der Waals surface area contributed by atoms with Gasteiger partial charge in [-0.05, 0) is 29.8 Å². The van der Waals surface area contributed by atoms with Gasteiger partial charge in [0.2, 0.25) is 0 Å². The van der Waals surface area contributed by atoms with E-state index in [4.69, 9.17) is 90.4 Å². The summed E-state index contributed by atoms with van der Waals surface area (Å²) in [5.41, 5.74) is 1.38. The smallest absolute Gasteiger partial charge is 0.291 e. The van der Waals surface area contributed by atoms with Gasteiger partial charge in [-0.15, -0.1) is 0 Å². The van der Waals surface area contributed by atoms with Gasteiger partial charge < -0.3 is 14.5 Å². The summed E-state index contributed by atoms with van der Waals surface area (Å²) in [6.07, 6.45) is 3.19. The first kappa shape index (κ1) is 26.3. The van der Waals surface area contributed by atoms with Crippen molar-refractivity contribution in [2.45, 2.75) is 13.2 Å². The molecular formula is C22H12Cl7N3O3. The van der Waals surface area contributed by atoms with Gasteiger partial charge in [0.1, 0.15) is 22.4 Å². The SMILES string of the molecule is O=C(Nc1cnn(Cc2ccc(Cl)c(Cl)c2)c1)c1ccc(COc2c(Cl)c(Cl)c(Cl)c(Cl)c2Cl)o1. The Morgan fingerprint density at radius 1 is 0.914 bits per heavy atom. The standard InChI is InChI=1S/C22H12Cl7N3O3/c23-13-3-1-10(5-14(13)24)7-32-8-11(6-30-32)31-22(33)15-4-2-12(35-15)9-34-21-19(28)17(26)16(25)18(27)20(21)29/h1-6,8H,7,9H2,(H,31,33). The fraction of sp³-hybridized carbons (Fsp3) is 0.0909. The highest BCUT2D eigenvalue weighted by atomic mass is 35.5. The molecule has 1 N–H and O–H groups in total. The van der Waals surface area contributed by atoms with Crippen molar-refractivity contribution in [2.75, 3.05) is 5.32 Å². The average molecular weight is 615 g/mol. The van der Waals surface area contributed by atoms with E-state index in [0.29, 0.717) is 28.0 Å². The molecule has 0 saturated carbocycles. The summed E-state index contributed by atoms with van der Waals surface area (Å²) in [5, 5.41) is 7.93. The lowest BCUT2D eigenvalue weighted by molar-refractivity contribution is 0.0992. The molecule has 0 atom stereocenters. The van der Waals surface area contributed by atoms with Gasteiger partial charge in [-0.25, -0.2) is 0 Å². The minimum absolute atomic E-state index is 0.00785.